The maximum Gasteiger partial charge on any atom is 0.201 e. The van der Waals surface area contributed by atoms with E-state index < -0.39 is 0 Å². The van der Waals surface area contributed by atoms with Crippen molar-refractivity contribution in [2.45, 2.75) is 25.8 Å². The lowest BCUT2D eigenvalue weighted by Gasteiger charge is -2.34. The van der Waals surface area contributed by atoms with E-state index in [9.17, 15) is 0 Å². The van der Waals surface area contributed by atoms with E-state index in [-0.39, 0.29) is 0 Å². The molecule has 16 heavy (non-hydrogen) atoms. The number of fused-ring (bicyclic) bond motifs is 1. The molecule has 1 aliphatic rings. The molecule has 0 bridgehead atoms. The lowest BCUT2D eigenvalue weighted by atomic mass is 9.81. The van der Waals surface area contributed by atoms with Gasteiger partial charge in [-0.2, -0.15) is 0 Å². The molecular formula is C12H14ClN3. The van der Waals surface area contributed by atoms with E-state index in [1.165, 1.54) is 12.8 Å². The summed E-state index contributed by atoms with van der Waals surface area (Å²) in [7, 11) is 0. The van der Waals surface area contributed by atoms with E-state index in [0.29, 0.717) is 12.0 Å². The molecule has 1 saturated carbocycles. The van der Waals surface area contributed by atoms with Crippen LogP contribution < -0.4 is 5.73 Å². The molecule has 3 rings (SSSR count). The Morgan fingerprint density at radius 2 is 2.19 bits per heavy atom. The van der Waals surface area contributed by atoms with Crippen molar-refractivity contribution in [2.24, 2.45) is 5.92 Å². The summed E-state index contributed by atoms with van der Waals surface area (Å²) >= 11 is 6.01. The number of benzene rings is 1. The molecule has 0 spiro atoms. The van der Waals surface area contributed by atoms with E-state index in [0.717, 1.165) is 22.0 Å². The highest BCUT2D eigenvalue weighted by atomic mass is 35.5. The van der Waals surface area contributed by atoms with Crippen LogP contribution in [0, 0.1) is 5.92 Å². The van der Waals surface area contributed by atoms with E-state index in [4.69, 9.17) is 17.3 Å². The molecule has 3 nitrogen and oxygen atoms in total. The van der Waals surface area contributed by atoms with Gasteiger partial charge in [-0.3, -0.25) is 0 Å². The first-order valence-electron chi connectivity index (χ1n) is 5.58. The van der Waals surface area contributed by atoms with Crippen LogP contribution in [-0.2, 0) is 0 Å². The van der Waals surface area contributed by atoms with Gasteiger partial charge >= 0.3 is 0 Å². The maximum absolute atomic E-state index is 6.01. The van der Waals surface area contributed by atoms with Crippen LogP contribution in [0.5, 0.6) is 0 Å². The molecule has 0 aliphatic heterocycles. The standard InChI is InChI=1S/C12H14ClN3/c1-7-4-9(5-7)16-11-6-8(13)2-3-10(11)15-12(16)14/h2-3,6-7,9H,4-5H2,1H3,(H2,14,15). The summed E-state index contributed by atoms with van der Waals surface area (Å²) in [6, 6.07) is 6.22. The molecule has 0 amide bonds. The zero-order valence-corrected chi connectivity index (χ0v) is 9.91. The van der Waals surface area contributed by atoms with Gasteiger partial charge in [-0.25, -0.2) is 4.98 Å². The lowest BCUT2D eigenvalue weighted by molar-refractivity contribution is 0.223. The Morgan fingerprint density at radius 3 is 2.88 bits per heavy atom. The Balaban J connectivity index is 2.15. The Morgan fingerprint density at radius 1 is 1.44 bits per heavy atom. The van der Waals surface area contributed by atoms with Crippen molar-refractivity contribution >= 4 is 28.6 Å². The van der Waals surface area contributed by atoms with Crippen LogP contribution in [0.2, 0.25) is 5.02 Å². The summed E-state index contributed by atoms with van der Waals surface area (Å²) in [6.07, 6.45) is 2.37. The predicted molar refractivity (Wildman–Crippen MR) is 66.6 cm³/mol. The third-order valence-electron chi connectivity index (χ3n) is 3.39. The molecule has 0 saturated heterocycles. The van der Waals surface area contributed by atoms with Crippen molar-refractivity contribution in [1.82, 2.24) is 9.55 Å². The average Bonchev–Trinajstić information content (AvgIpc) is 2.49. The van der Waals surface area contributed by atoms with Crippen LogP contribution in [0.25, 0.3) is 11.0 Å². The van der Waals surface area contributed by atoms with Crippen LogP contribution in [0.4, 0.5) is 5.95 Å². The molecule has 84 valence electrons. The molecule has 4 heteroatoms. The number of nitrogens with two attached hydrogens (primary N) is 1. The van der Waals surface area contributed by atoms with Gasteiger partial charge in [0.25, 0.3) is 0 Å². The summed E-state index contributed by atoms with van der Waals surface area (Å²) in [5, 5.41) is 0.737. The van der Waals surface area contributed by atoms with Crippen molar-refractivity contribution in [3.63, 3.8) is 0 Å². The number of anilines is 1. The van der Waals surface area contributed by atoms with Crippen molar-refractivity contribution in [1.29, 1.82) is 0 Å². The second-order valence-corrected chi connectivity index (χ2v) is 5.14. The number of rotatable bonds is 1. The first-order chi connectivity index (χ1) is 7.65. The molecule has 0 atom stereocenters. The number of nitrogens with zero attached hydrogens (tertiary/aromatic N) is 2. The monoisotopic (exact) mass is 235 g/mol. The van der Waals surface area contributed by atoms with Gasteiger partial charge in [0.2, 0.25) is 5.95 Å². The van der Waals surface area contributed by atoms with Crippen molar-refractivity contribution < 1.29 is 0 Å². The predicted octanol–water partition coefficient (Wildman–Crippen LogP) is 3.24. The van der Waals surface area contributed by atoms with Crippen LogP contribution in [-0.4, -0.2) is 9.55 Å². The maximum atomic E-state index is 6.01. The van der Waals surface area contributed by atoms with Gasteiger partial charge in [-0.1, -0.05) is 18.5 Å². The molecule has 0 unspecified atom stereocenters. The smallest absolute Gasteiger partial charge is 0.201 e. The fraction of sp³-hybridized carbons (Fsp3) is 0.417. The highest BCUT2D eigenvalue weighted by Gasteiger charge is 2.29. The third-order valence-corrected chi connectivity index (χ3v) is 3.63. The molecule has 2 aromatic rings. The van der Waals surface area contributed by atoms with Gasteiger partial charge in [0.15, 0.2) is 0 Å². The molecule has 2 N–H and O–H groups in total. The Bertz CT molecular complexity index is 540. The number of hydrogen-bond acceptors (Lipinski definition) is 2. The fourth-order valence-corrected chi connectivity index (χ4v) is 2.71. The summed E-state index contributed by atoms with van der Waals surface area (Å²) < 4.78 is 2.13. The first kappa shape index (κ1) is 9.97. The molecule has 0 radical (unpaired) electrons. The number of aromatic nitrogens is 2. The minimum Gasteiger partial charge on any atom is -0.369 e. The van der Waals surface area contributed by atoms with Crippen molar-refractivity contribution in [2.75, 3.05) is 5.73 Å². The summed E-state index contributed by atoms with van der Waals surface area (Å²) in [6.45, 7) is 2.26. The Hall–Kier alpha value is -1.22. The lowest BCUT2D eigenvalue weighted by Crippen LogP contribution is -2.25. The third kappa shape index (κ3) is 1.39. The van der Waals surface area contributed by atoms with Crippen LogP contribution in [0.1, 0.15) is 25.8 Å². The molecular weight excluding hydrogens is 222 g/mol. The highest BCUT2D eigenvalue weighted by Crippen LogP contribution is 2.40. The fourth-order valence-electron chi connectivity index (χ4n) is 2.54. The van der Waals surface area contributed by atoms with Gasteiger partial charge in [-0.05, 0) is 37.0 Å². The van der Waals surface area contributed by atoms with Gasteiger partial charge in [0, 0.05) is 11.1 Å². The van der Waals surface area contributed by atoms with Crippen LogP contribution >= 0.6 is 11.6 Å². The van der Waals surface area contributed by atoms with Gasteiger partial charge in [-0.15, -0.1) is 0 Å². The minimum absolute atomic E-state index is 0.499. The van der Waals surface area contributed by atoms with E-state index >= 15 is 0 Å². The van der Waals surface area contributed by atoms with Gasteiger partial charge < -0.3 is 10.3 Å². The average molecular weight is 236 g/mol. The van der Waals surface area contributed by atoms with E-state index in [1.807, 2.05) is 18.2 Å². The van der Waals surface area contributed by atoms with Crippen molar-refractivity contribution in [3.05, 3.63) is 23.2 Å². The minimum atomic E-state index is 0.499. The SMILES string of the molecule is CC1CC(n2c(N)nc3ccc(Cl)cc32)C1. The first-order valence-corrected chi connectivity index (χ1v) is 5.96. The summed E-state index contributed by atoms with van der Waals surface area (Å²) in [5.74, 6) is 1.40. The molecule has 1 fully saturated rings. The quantitative estimate of drug-likeness (QED) is 0.825. The van der Waals surface area contributed by atoms with Crippen molar-refractivity contribution in [3.8, 4) is 0 Å². The zero-order chi connectivity index (χ0) is 11.3. The van der Waals surface area contributed by atoms with E-state index in [2.05, 4.69) is 16.5 Å². The second kappa shape index (κ2) is 3.39. The molecule has 1 aromatic carbocycles. The normalized spacial score (nSPS) is 24.6. The van der Waals surface area contributed by atoms with Crippen LogP contribution in [0.3, 0.4) is 0 Å². The summed E-state index contributed by atoms with van der Waals surface area (Å²) in [5.41, 5.74) is 7.96. The van der Waals surface area contributed by atoms with Gasteiger partial charge in [0.05, 0.1) is 11.0 Å². The topological polar surface area (TPSA) is 43.8 Å². The number of imidazole rings is 1. The number of nitrogen functional groups attached to an aromatic ring is 1. The molecule has 1 aromatic heterocycles. The molecule has 1 heterocycles. The van der Waals surface area contributed by atoms with E-state index in [1.54, 1.807) is 0 Å². The van der Waals surface area contributed by atoms with Gasteiger partial charge in [0.1, 0.15) is 0 Å². The Kier molecular flexibility index (Phi) is 2.11. The zero-order valence-electron chi connectivity index (χ0n) is 9.15. The highest BCUT2D eigenvalue weighted by molar-refractivity contribution is 6.31. The number of hydrogen-bond donors (Lipinski definition) is 1. The number of halogens is 1. The largest absolute Gasteiger partial charge is 0.369 e. The Labute approximate surface area is 99.2 Å². The molecule has 1 aliphatic carbocycles. The summed E-state index contributed by atoms with van der Waals surface area (Å²) in [4.78, 5) is 4.36. The van der Waals surface area contributed by atoms with Crippen LogP contribution in [0.15, 0.2) is 18.2 Å². The second-order valence-electron chi connectivity index (χ2n) is 4.70.